The molecule has 0 heterocycles. The number of rotatable bonds is 4. The van der Waals surface area contributed by atoms with Crippen LogP contribution in [0.1, 0.15) is 0 Å². The molecular weight excluding hydrogens is 268 g/mol. The second-order valence-corrected chi connectivity index (χ2v) is 3.74. The van der Waals surface area contributed by atoms with E-state index in [4.69, 9.17) is 4.74 Å². The highest BCUT2D eigenvalue weighted by Gasteiger charge is 2.18. The van der Waals surface area contributed by atoms with E-state index in [1.54, 1.807) is 0 Å². The van der Waals surface area contributed by atoms with E-state index in [0.29, 0.717) is 0 Å². The fourth-order valence-corrected chi connectivity index (χ4v) is 1.51. The molecule has 0 aliphatic heterocycles. The maximum absolute atomic E-state index is 10.8. The minimum absolute atomic E-state index is 0.117. The summed E-state index contributed by atoms with van der Waals surface area (Å²) in [5, 5.41) is 31.1. The number of phenols is 1. The van der Waals surface area contributed by atoms with Crippen LogP contribution in [-0.2, 0) is 0 Å². The average Bonchev–Trinajstić information content (AvgIpc) is 2.41. The molecule has 0 saturated carbocycles. The number of phenolic OH excluding ortho intramolecular Hbond substituents is 1. The van der Waals surface area contributed by atoms with Gasteiger partial charge in [-0.15, -0.1) is 0 Å². The molecule has 0 radical (unpaired) electrons. The molecule has 0 aliphatic carbocycles. The first kappa shape index (κ1) is 13.3. The highest BCUT2D eigenvalue weighted by Crippen LogP contribution is 2.37. The summed E-state index contributed by atoms with van der Waals surface area (Å²) in [6.07, 6.45) is 0. The molecule has 0 unspecified atom stereocenters. The Balaban J connectivity index is 2.42. The second-order valence-electron chi connectivity index (χ2n) is 3.74. The van der Waals surface area contributed by atoms with Crippen LogP contribution < -0.4 is 4.74 Å². The lowest BCUT2D eigenvalue weighted by Crippen LogP contribution is -1.94. The summed E-state index contributed by atoms with van der Waals surface area (Å²) in [7, 11) is 0. The second kappa shape index (κ2) is 5.22. The predicted octanol–water partition coefficient (Wildman–Crippen LogP) is 3.00. The third kappa shape index (κ3) is 2.64. The predicted molar refractivity (Wildman–Crippen MR) is 67.9 cm³/mol. The molecule has 0 atom stereocenters. The quantitative estimate of drug-likeness (QED) is 0.677. The number of hydrogen-bond acceptors (Lipinski definition) is 6. The van der Waals surface area contributed by atoms with Gasteiger partial charge in [-0.05, 0) is 12.1 Å². The molecule has 8 heteroatoms. The van der Waals surface area contributed by atoms with Gasteiger partial charge in [0.25, 0.3) is 5.69 Å². The van der Waals surface area contributed by atoms with Gasteiger partial charge in [-0.3, -0.25) is 20.2 Å². The first-order valence-corrected chi connectivity index (χ1v) is 5.37. The van der Waals surface area contributed by atoms with E-state index in [1.807, 2.05) is 0 Å². The van der Waals surface area contributed by atoms with E-state index in [-0.39, 0.29) is 28.6 Å². The van der Waals surface area contributed by atoms with Crippen molar-refractivity contribution in [1.82, 2.24) is 0 Å². The highest BCUT2D eigenvalue weighted by molar-refractivity contribution is 5.53. The lowest BCUT2D eigenvalue weighted by molar-refractivity contribution is -0.386. The number of nitro groups is 2. The molecule has 0 saturated heterocycles. The Bertz CT molecular complexity index is 685. The summed E-state index contributed by atoms with van der Waals surface area (Å²) in [6, 6.07) is 8.70. The Labute approximate surface area is 112 Å². The van der Waals surface area contributed by atoms with Crippen LogP contribution in [0.2, 0.25) is 0 Å². The Morgan fingerprint density at radius 1 is 0.950 bits per heavy atom. The summed E-state index contributed by atoms with van der Waals surface area (Å²) in [6.45, 7) is 0. The zero-order valence-corrected chi connectivity index (χ0v) is 9.92. The third-order valence-electron chi connectivity index (χ3n) is 2.44. The van der Waals surface area contributed by atoms with Crippen LogP contribution in [-0.4, -0.2) is 15.0 Å². The van der Waals surface area contributed by atoms with Crippen molar-refractivity contribution in [2.75, 3.05) is 0 Å². The molecule has 0 aliphatic rings. The number of non-ortho nitro benzene ring substituents is 1. The van der Waals surface area contributed by atoms with Gasteiger partial charge in [0, 0.05) is 12.1 Å². The van der Waals surface area contributed by atoms with Gasteiger partial charge in [0.15, 0.2) is 11.5 Å². The molecule has 8 nitrogen and oxygen atoms in total. The van der Waals surface area contributed by atoms with Crippen LogP contribution in [0.4, 0.5) is 11.4 Å². The molecule has 0 bridgehead atoms. The van der Waals surface area contributed by atoms with Crippen molar-refractivity contribution >= 4 is 11.4 Å². The van der Waals surface area contributed by atoms with Crippen LogP contribution in [0.5, 0.6) is 17.2 Å². The van der Waals surface area contributed by atoms with Gasteiger partial charge in [0.05, 0.1) is 15.9 Å². The van der Waals surface area contributed by atoms with Gasteiger partial charge >= 0.3 is 5.69 Å². The number of benzene rings is 2. The number of nitro benzene ring substituents is 2. The molecule has 1 N–H and O–H groups in total. The maximum atomic E-state index is 10.8. The summed E-state index contributed by atoms with van der Waals surface area (Å²) < 4.78 is 5.20. The smallest absolute Gasteiger partial charge is 0.311 e. The first-order chi connectivity index (χ1) is 9.49. The Hall–Kier alpha value is -3.16. The van der Waals surface area contributed by atoms with E-state index >= 15 is 0 Å². The Morgan fingerprint density at radius 3 is 2.30 bits per heavy atom. The number of para-hydroxylation sites is 2. The molecule has 2 aromatic rings. The normalized spacial score (nSPS) is 10.0. The summed E-state index contributed by atoms with van der Waals surface area (Å²) in [5.74, 6) is -0.699. The van der Waals surface area contributed by atoms with Crippen LogP contribution >= 0.6 is 0 Å². The van der Waals surface area contributed by atoms with Gasteiger partial charge in [-0.2, -0.15) is 0 Å². The molecule has 2 rings (SSSR count). The van der Waals surface area contributed by atoms with Gasteiger partial charge in [-0.25, -0.2) is 0 Å². The third-order valence-corrected chi connectivity index (χ3v) is 2.44. The van der Waals surface area contributed by atoms with Crippen molar-refractivity contribution in [1.29, 1.82) is 0 Å². The van der Waals surface area contributed by atoms with Crippen LogP contribution in [0.15, 0.2) is 42.5 Å². The number of nitrogens with zero attached hydrogens (tertiary/aromatic N) is 2. The highest BCUT2D eigenvalue weighted by atomic mass is 16.6. The number of aromatic hydroxyl groups is 1. The van der Waals surface area contributed by atoms with E-state index < -0.39 is 9.85 Å². The molecule has 2 aromatic carbocycles. The first-order valence-electron chi connectivity index (χ1n) is 5.37. The summed E-state index contributed by atoms with van der Waals surface area (Å²) >= 11 is 0. The molecule has 0 aromatic heterocycles. The van der Waals surface area contributed by atoms with Crippen molar-refractivity contribution in [3.05, 3.63) is 62.7 Å². The van der Waals surface area contributed by atoms with E-state index in [0.717, 1.165) is 18.2 Å². The topological polar surface area (TPSA) is 116 Å². The van der Waals surface area contributed by atoms with E-state index in [2.05, 4.69) is 0 Å². The molecule has 20 heavy (non-hydrogen) atoms. The zero-order chi connectivity index (χ0) is 14.7. The molecule has 0 amide bonds. The van der Waals surface area contributed by atoms with Crippen LogP contribution in [0, 0.1) is 20.2 Å². The SMILES string of the molecule is O=[N+]([O-])c1ccc(O)c(Oc2ccccc2[N+](=O)[O-])c1. The average molecular weight is 276 g/mol. The largest absolute Gasteiger partial charge is 0.504 e. The van der Waals surface area contributed by atoms with Crippen molar-refractivity contribution in [2.24, 2.45) is 0 Å². The molecular formula is C12H8N2O6. The van der Waals surface area contributed by atoms with E-state index in [1.165, 1.54) is 24.3 Å². The molecule has 0 spiro atoms. The number of ether oxygens (including phenoxy) is 1. The standard InChI is InChI=1S/C12H8N2O6/c15-10-6-5-8(13(16)17)7-12(10)20-11-4-2-1-3-9(11)14(18)19/h1-7,15H. The van der Waals surface area contributed by atoms with Crippen molar-refractivity contribution in [3.63, 3.8) is 0 Å². The summed E-state index contributed by atoms with van der Waals surface area (Å²) in [4.78, 5) is 20.2. The zero-order valence-electron chi connectivity index (χ0n) is 9.92. The molecule has 0 fully saturated rings. The van der Waals surface area contributed by atoms with Crippen molar-refractivity contribution < 1.29 is 19.7 Å². The van der Waals surface area contributed by atoms with Crippen molar-refractivity contribution in [2.45, 2.75) is 0 Å². The van der Waals surface area contributed by atoms with Gasteiger partial charge in [0.2, 0.25) is 5.75 Å². The minimum Gasteiger partial charge on any atom is -0.504 e. The minimum atomic E-state index is -0.661. The monoisotopic (exact) mass is 276 g/mol. The Kier molecular flexibility index (Phi) is 3.47. The Morgan fingerprint density at radius 2 is 1.65 bits per heavy atom. The lowest BCUT2D eigenvalue weighted by Gasteiger charge is -2.07. The van der Waals surface area contributed by atoms with Gasteiger partial charge in [0.1, 0.15) is 0 Å². The fraction of sp³-hybridized carbons (Fsp3) is 0. The summed E-state index contributed by atoms with van der Waals surface area (Å²) in [5.41, 5.74) is -0.602. The van der Waals surface area contributed by atoms with Gasteiger partial charge < -0.3 is 9.84 Å². The van der Waals surface area contributed by atoms with Crippen molar-refractivity contribution in [3.8, 4) is 17.2 Å². The van der Waals surface area contributed by atoms with Gasteiger partial charge in [-0.1, -0.05) is 12.1 Å². The molecule has 102 valence electrons. The van der Waals surface area contributed by atoms with Crippen LogP contribution in [0.25, 0.3) is 0 Å². The number of hydrogen-bond donors (Lipinski definition) is 1. The van der Waals surface area contributed by atoms with Crippen LogP contribution in [0.3, 0.4) is 0 Å². The van der Waals surface area contributed by atoms with E-state index in [9.17, 15) is 25.3 Å². The lowest BCUT2D eigenvalue weighted by atomic mass is 10.2. The fourth-order valence-electron chi connectivity index (χ4n) is 1.51. The maximum Gasteiger partial charge on any atom is 0.311 e.